The molecule has 1 heterocycles. The number of rotatable bonds is 5. The molecule has 1 aliphatic carbocycles. The van der Waals surface area contributed by atoms with Crippen LogP contribution in [0.2, 0.25) is 0 Å². The Labute approximate surface area is 128 Å². The number of hydrogen-bond donors (Lipinski definition) is 2. The van der Waals surface area contributed by atoms with Crippen molar-refractivity contribution in [1.82, 2.24) is 10.2 Å². The van der Waals surface area contributed by atoms with Crippen molar-refractivity contribution in [3.63, 3.8) is 0 Å². The summed E-state index contributed by atoms with van der Waals surface area (Å²) in [5.74, 6) is 1.60. The molecule has 2 aliphatic rings. The average Bonchev–Trinajstić information content (AvgIpc) is 2.91. The minimum Gasteiger partial charge on any atom is -0.395 e. The molecule has 21 heavy (non-hydrogen) atoms. The summed E-state index contributed by atoms with van der Waals surface area (Å²) >= 11 is 0. The molecule has 3 nitrogen and oxygen atoms in total. The summed E-state index contributed by atoms with van der Waals surface area (Å²) < 4.78 is 0. The highest BCUT2D eigenvalue weighted by Crippen LogP contribution is 2.37. The Balaban J connectivity index is 1.60. The van der Waals surface area contributed by atoms with E-state index in [0.717, 1.165) is 18.4 Å². The van der Waals surface area contributed by atoms with E-state index in [4.69, 9.17) is 0 Å². The fourth-order valence-corrected chi connectivity index (χ4v) is 4.16. The molecule has 4 atom stereocenters. The quantitative estimate of drug-likeness (QED) is 0.872. The van der Waals surface area contributed by atoms with Crippen molar-refractivity contribution < 1.29 is 5.11 Å². The van der Waals surface area contributed by atoms with Crippen molar-refractivity contribution in [2.24, 2.45) is 11.8 Å². The minimum absolute atomic E-state index is 0.219. The Kier molecular flexibility index (Phi) is 4.94. The van der Waals surface area contributed by atoms with Gasteiger partial charge in [0.25, 0.3) is 0 Å². The summed E-state index contributed by atoms with van der Waals surface area (Å²) in [5, 5.41) is 12.9. The number of nitrogens with one attached hydrogen (secondary N) is 1. The second kappa shape index (κ2) is 6.91. The van der Waals surface area contributed by atoms with Crippen LogP contribution in [0.3, 0.4) is 0 Å². The zero-order valence-electron chi connectivity index (χ0n) is 13.0. The predicted molar refractivity (Wildman–Crippen MR) is 86.0 cm³/mol. The summed E-state index contributed by atoms with van der Waals surface area (Å²) in [6.07, 6.45) is 3.97. The molecule has 2 fully saturated rings. The smallest absolute Gasteiger partial charge is 0.0582 e. The highest BCUT2D eigenvalue weighted by Gasteiger charge is 2.40. The lowest BCUT2D eigenvalue weighted by molar-refractivity contribution is 0.178. The molecular formula is C18H28N2O. The maximum absolute atomic E-state index is 9.28. The van der Waals surface area contributed by atoms with Crippen LogP contribution in [-0.2, 0) is 6.54 Å². The van der Waals surface area contributed by atoms with Crippen LogP contribution in [0.5, 0.6) is 0 Å². The molecule has 1 aromatic rings. The largest absolute Gasteiger partial charge is 0.395 e. The van der Waals surface area contributed by atoms with Crippen LogP contribution in [0, 0.1) is 11.8 Å². The Hall–Kier alpha value is -0.900. The maximum Gasteiger partial charge on any atom is 0.0582 e. The topological polar surface area (TPSA) is 35.5 Å². The van der Waals surface area contributed by atoms with Crippen molar-refractivity contribution in [3.05, 3.63) is 35.9 Å². The second-order valence-corrected chi connectivity index (χ2v) is 6.89. The second-order valence-electron chi connectivity index (χ2n) is 6.89. The van der Waals surface area contributed by atoms with Gasteiger partial charge in [-0.05, 0) is 37.2 Å². The molecule has 3 heteroatoms. The number of aliphatic hydroxyl groups is 1. The SMILES string of the molecule is C[C@H](CO)N[C@@H]1CCC[C@H]2CN(Cc3ccccc3)C[C@@H]21. The van der Waals surface area contributed by atoms with E-state index >= 15 is 0 Å². The van der Waals surface area contributed by atoms with E-state index in [2.05, 4.69) is 47.5 Å². The average molecular weight is 288 g/mol. The first-order valence-corrected chi connectivity index (χ1v) is 8.39. The van der Waals surface area contributed by atoms with Crippen molar-refractivity contribution in [3.8, 4) is 0 Å². The predicted octanol–water partition coefficient (Wildman–Crippen LogP) is 2.26. The molecular weight excluding hydrogens is 260 g/mol. The molecule has 1 saturated carbocycles. The van der Waals surface area contributed by atoms with Crippen LogP contribution in [0.4, 0.5) is 0 Å². The molecule has 3 rings (SSSR count). The van der Waals surface area contributed by atoms with E-state index < -0.39 is 0 Å². The third-order valence-corrected chi connectivity index (χ3v) is 5.20. The first kappa shape index (κ1) is 15.0. The summed E-state index contributed by atoms with van der Waals surface area (Å²) in [5.41, 5.74) is 1.42. The van der Waals surface area contributed by atoms with Gasteiger partial charge < -0.3 is 10.4 Å². The first-order valence-electron chi connectivity index (χ1n) is 8.39. The van der Waals surface area contributed by atoms with Crippen LogP contribution < -0.4 is 5.32 Å². The highest BCUT2D eigenvalue weighted by molar-refractivity contribution is 5.15. The van der Waals surface area contributed by atoms with Gasteiger partial charge in [-0.25, -0.2) is 0 Å². The van der Waals surface area contributed by atoms with Crippen LogP contribution in [-0.4, -0.2) is 41.8 Å². The molecule has 0 aromatic heterocycles. The lowest BCUT2D eigenvalue weighted by atomic mass is 9.78. The van der Waals surface area contributed by atoms with E-state index in [9.17, 15) is 5.11 Å². The van der Waals surface area contributed by atoms with Gasteiger partial charge in [-0.15, -0.1) is 0 Å². The molecule has 0 radical (unpaired) electrons. The van der Waals surface area contributed by atoms with Gasteiger partial charge in [0.05, 0.1) is 6.61 Å². The van der Waals surface area contributed by atoms with Gasteiger partial charge >= 0.3 is 0 Å². The molecule has 2 N–H and O–H groups in total. The summed E-state index contributed by atoms with van der Waals surface area (Å²) in [7, 11) is 0. The van der Waals surface area contributed by atoms with Crippen molar-refractivity contribution >= 4 is 0 Å². The van der Waals surface area contributed by atoms with E-state index in [1.807, 2.05) is 0 Å². The molecule has 1 saturated heterocycles. The zero-order chi connectivity index (χ0) is 14.7. The zero-order valence-corrected chi connectivity index (χ0v) is 13.0. The lowest BCUT2D eigenvalue weighted by Crippen LogP contribution is -2.47. The molecule has 0 bridgehead atoms. The van der Waals surface area contributed by atoms with Crippen molar-refractivity contribution in [2.45, 2.75) is 44.8 Å². The van der Waals surface area contributed by atoms with Crippen LogP contribution in [0.1, 0.15) is 31.7 Å². The maximum atomic E-state index is 9.28. The standard InChI is InChI=1S/C18H28N2O/c1-14(13-21)19-18-9-5-8-16-11-20(12-17(16)18)10-15-6-3-2-4-7-15/h2-4,6-7,14,16-19,21H,5,8-13H2,1H3/t14-,16+,17+,18-/m1/s1. The Bertz CT molecular complexity index is 436. The van der Waals surface area contributed by atoms with Crippen molar-refractivity contribution in [2.75, 3.05) is 19.7 Å². The fraction of sp³-hybridized carbons (Fsp3) is 0.667. The minimum atomic E-state index is 0.219. The van der Waals surface area contributed by atoms with Crippen LogP contribution >= 0.6 is 0 Å². The number of hydrogen-bond acceptors (Lipinski definition) is 3. The molecule has 1 aliphatic heterocycles. The van der Waals surface area contributed by atoms with E-state index in [1.165, 1.54) is 37.9 Å². The van der Waals surface area contributed by atoms with Gasteiger partial charge in [-0.1, -0.05) is 36.8 Å². The monoisotopic (exact) mass is 288 g/mol. The van der Waals surface area contributed by atoms with Gasteiger partial charge in [0.2, 0.25) is 0 Å². The fourth-order valence-electron chi connectivity index (χ4n) is 4.16. The number of fused-ring (bicyclic) bond motifs is 1. The molecule has 1 aromatic carbocycles. The molecule has 0 unspecified atom stereocenters. The van der Waals surface area contributed by atoms with Crippen LogP contribution in [0.25, 0.3) is 0 Å². The third-order valence-electron chi connectivity index (χ3n) is 5.20. The number of aliphatic hydroxyl groups excluding tert-OH is 1. The number of likely N-dealkylation sites (tertiary alicyclic amines) is 1. The van der Waals surface area contributed by atoms with Gasteiger partial charge in [0, 0.05) is 31.7 Å². The normalized spacial score (nSPS) is 31.0. The van der Waals surface area contributed by atoms with Gasteiger partial charge in [-0.2, -0.15) is 0 Å². The third kappa shape index (κ3) is 3.65. The number of benzene rings is 1. The summed E-state index contributed by atoms with van der Waals surface area (Å²) in [4.78, 5) is 2.62. The summed E-state index contributed by atoms with van der Waals surface area (Å²) in [6, 6.07) is 11.6. The van der Waals surface area contributed by atoms with Gasteiger partial charge in [-0.3, -0.25) is 4.90 Å². The molecule has 116 valence electrons. The van der Waals surface area contributed by atoms with E-state index in [1.54, 1.807) is 0 Å². The molecule has 0 spiro atoms. The summed E-state index contributed by atoms with van der Waals surface area (Å²) in [6.45, 7) is 5.85. The van der Waals surface area contributed by atoms with Gasteiger partial charge in [0.1, 0.15) is 0 Å². The van der Waals surface area contributed by atoms with Crippen molar-refractivity contribution in [1.29, 1.82) is 0 Å². The Morgan fingerprint density at radius 3 is 2.81 bits per heavy atom. The Morgan fingerprint density at radius 1 is 1.24 bits per heavy atom. The van der Waals surface area contributed by atoms with E-state index in [-0.39, 0.29) is 12.6 Å². The lowest BCUT2D eigenvalue weighted by Gasteiger charge is -2.35. The number of nitrogens with zero attached hydrogens (tertiary/aromatic N) is 1. The first-order chi connectivity index (χ1) is 10.3. The van der Waals surface area contributed by atoms with Crippen LogP contribution in [0.15, 0.2) is 30.3 Å². The Morgan fingerprint density at radius 2 is 2.05 bits per heavy atom. The van der Waals surface area contributed by atoms with E-state index in [0.29, 0.717) is 6.04 Å². The highest BCUT2D eigenvalue weighted by atomic mass is 16.3. The molecule has 0 amide bonds. The van der Waals surface area contributed by atoms with Gasteiger partial charge in [0.15, 0.2) is 0 Å².